The van der Waals surface area contributed by atoms with Crippen molar-refractivity contribution in [3.63, 3.8) is 0 Å². The first-order chi connectivity index (χ1) is 13.2. The molecule has 1 aromatic carbocycles. The SMILES string of the molecule is CN(Cc1ccsc1)C(=O)CN1CCN(Cc2ccc3c(c2)OCO3)CC1. The van der Waals surface area contributed by atoms with E-state index in [9.17, 15) is 4.79 Å². The normalized spacial score (nSPS) is 17.2. The minimum Gasteiger partial charge on any atom is -0.454 e. The minimum atomic E-state index is 0.186. The van der Waals surface area contributed by atoms with Crippen LogP contribution >= 0.6 is 11.3 Å². The van der Waals surface area contributed by atoms with E-state index in [4.69, 9.17) is 9.47 Å². The first-order valence-electron chi connectivity index (χ1n) is 9.25. The summed E-state index contributed by atoms with van der Waals surface area (Å²) in [4.78, 5) is 19.0. The van der Waals surface area contributed by atoms with E-state index < -0.39 is 0 Å². The Morgan fingerprint density at radius 1 is 1.07 bits per heavy atom. The lowest BCUT2D eigenvalue weighted by molar-refractivity contribution is -0.132. The Morgan fingerprint density at radius 2 is 1.85 bits per heavy atom. The third kappa shape index (κ3) is 4.61. The zero-order valence-electron chi connectivity index (χ0n) is 15.6. The molecule has 0 atom stereocenters. The number of piperazine rings is 1. The number of fused-ring (bicyclic) bond motifs is 1. The Morgan fingerprint density at radius 3 is 2.63 bits per heavy atom. The van der Waals surface area contributed by atoms with E-state index in [-0.39, 0.29) is 5.91 Å². The minimum absolute atomic E-state index is 0.186. The molecule has 7 heteroatoms. The average Bonchev–Trinajstić information content (AvgIpc) is 3.34. The van der Waals surface area contributed by atoms with Crippen molar-refractivity contribution in [2.24, 2.45) is 0 Å². The van der Waals surface area contributed by atoms with Gasteiger partial charge >= 0.3 is 0 Å². The summed E-state index contributed by atoms with van der Waals surface area (Å²) in [5.41, 5.74) is 2.43. The lowest BCUT2D eigenvalue weighted by Crippen LogP contribution is -2.49. The van der Waals surface area contributed by atoms with Crippen LogP contribution in [0.1, 0.15) is 11.1 Å². The van der Waals surface area contributed by atoms with E-state index in [1.54, 1.807) is 11.3 Å². The fraction of sp³-hybridized carbons (Fsp3) is 0.450. The third-order valence-electron chi connectivity index (χ3n) is 5.09. The molecule has 1 fully saturated rings. The van der Waals surface area contributed by atoms with Gasteiger partial charge in [-0.15, -0.1) is 0 Å². The van der Waals surface area contributed by atoms with Crippen LogP contribution in [0.2, 0.25) is 0 Å². The molecule has 2 aliphatic rings. The molecule has 0 radical (unpaired) electrons. The molecular formula is C20H25N3O3S. The van der Waals surface area contributed by atoms with E-state index in [2.05, 4.69) is 33.4 Å². The highest BCUT2D eigenvalue weighted by Gasteiger charge is 2.21. The highest BCUT2D eigenvalue weighted by Crippen LogP contribution is 2.32. The van der Waals surface area contributed by atoms with Gasteiger partial charge in [-0.3, -0.25) is 14.6 Å². The van der Waals surface area contributed by atoms with Gasteiger partial charge in [-0.1, -0.05) is 6.07 Å². The molecule has 0 bridgehead atoms. The van der Waals surface area contributed by atoms with Crippen LogP contribution in [0, 0.1) is 0 Å². The van der Waals surface area contributed by atoms with Crippen LogP contribution in [0.5, 0.6) is 11.5 Å². The van der Waals surface area contributed by atoms with Crippen LogP contribution in [0.25, 0.3) is 0 Å². The van der Waals surface area contributed by atoms with Crippen molar-refractivity contribution >= 4 is 17.2 Å². The van der Waals surface area contributed by atoms with Crippen molar-refractivity contribution in [3.05, 3.63) is 46.2 Å². The molecule has 4 rings (SSSR count). The Hall–Kier alpha value is -2.09. The Kier molecular flexibility index (Phi) is 5.61. The van der Waals surface area contributed by atoms with Gasteiger partial charge in [0.1, 0.15) is 0 Å². The molecule has 0 saturated carbocycles. The van der Waals surface area contributed by atoms with Gasteiger partial charge < -0.3 is 14.4 Å². The van der Waals surface area contributed by atoms with E-state index in [0.29, 0.717) is 19.9 Å². The molecule has 2 aromatic rings. The predicted octanol–water partition coefficient (Wildman–Crippen LogP) is 2.25. The van der Waals surface area contributed by atoms with Crippen LogP contribution in [0.15, 0.2) is 35.0 Å². The molecule has 1 amide bonds. The molecule has 0 aliphatic carbocycles. The van der Waals surface area contributed by atoms with Crippen LogP contribution < -0.4 is 9.47 Å². The summed E-state index contributed by atoms with van der Waals surface area (Å²) in [6.07, 6.45) is 0. The lowest BCUT2D eigenvalue weighted by atomic mass is 10.1. The van der Waals surface area contributed by atoms with Crippen molar-refractivity contribution in [2.45, 2.75) is 13.1 Å². The second-order valence-electron chi connectivity index (χ2n) is 7.12. The quantitative estimate of drug-likeness (QED) is 0.761. The van der Waals surface area contributed by atoms with Gasteiger partial charge in [0, 0.05) is 46.3 Å². The molecule has 3 heterocycles. The molecule has 144 valence electrons. The van der Waals surface area contributed by atoms with Crippen LogP contribution in [-0.2, 0) is 17.9 Å². The molecule has 0 N–H and O–H groups in total. The number of benzene rings is 1. The topological polar surface area (TPSA) is 45.3 Å². The number of carbonyl (C=O) groups is 1. The zero-order chi connectivity index (χ0) is 18.6. The molecule has 27 heavy (non-hydrogen) atoms. The summed E-state index contributed by atoms with van der Waals surface area (Å²) < 4.78 is 10.8. The highest BCUT2D eigenvalue weighted by molar-refractivity contribution is 7.07. The predicted molar refractivity (Wildman–Crippen MR) is 105 cm³/mol. The second-order valence-corrected chi connectivity index (χ2v) is 7.90. The van der Waals surface area contributed by atoms with Crippen molar-refractivity contribution in [2.75, 3.05) is 46.6 Å². The van der Waals surface area contributed by atoms with Crippen LogP contribution in [0.3, 0.4) is 0 Å². The van der Waals surface area contributed by atoms with E-state index in [0.717, 1.165) is 44.2 Å². The van der Waals surface area contributed by atoms with Crippen molar-refractivity contribution in [1.29, 1.82) is 0 Å². The van der Waals surface area contributed by atoms with E-state index >= 15 is 0 Å². The zero-order valence-corrected chi connectivity index (χ0v) is 16.4. The summed E-state index contributed by atoms with van der Waals surface area (Å²) >= 11 is 1.67. The maximum absolute atomic E-state index is 12.5. The largest absolute Gasteiger partial charge is 0.454 e. The molecular weight excluding hydrogens is 362 g/mol. The van der Waals surface area contributed by atoms with Gasteiger partial charge in [0.05, 0.1) is 6.54 Å². The fourth-order valence-electron chi connectivity index (χ4n) is 3.46. The summed E-state index contributed by atoms with van der Waals surface area (Å²) in [6.45, 7) is 6.17. The molecule has 0 unspecified atom stereocenters. The lowest BCUT2D eigenvalue weighted by Gasteiger charge is -2.35. The Balaban J connectivity index is 1.22. The smallest absolute Gasteiger partial charge is 0.236 e. The fourth-order valence-corrected chi connectivity index (χ4v) is 4.12. The molecule has 1 aromatic heterocycles. The van der Waals surface area contributed by atoms with Crippen molar-refractivity contribution < 1.29 is 14.3 Å². The summed E-state index contributed by atoms with van der Waals surface area (Å²) in [7, 11) is 1.88. The standard InChI is InChI=1S/C20H25N3O3S/c1-21(11-17-4-9-27-14-17)20(24)13-23-7-5-22(6-8-23)12-16-2-3-18-19(10-16)26-15-25-18/h2-4,9-10,14H,5-8,11-13,15H2,1H3. The first-order valence-corrected chi connectivity index (χ1v) is 10.2. The van der Waals surface area contributed by atoms with Crippen molar-refractivity contribution in [1.82, 2.24) is 14.7 Å². The summed E-state index contributed by atoms with van der Waals surface area (Å²) in [5.74, 6) is 1.85. The number of ether oxygens (including phenoxy) is 2. The molecule has 6 nitrogen and oxygen atoms in total. The number of thiophene rings is 1. The number of likely N-dealkylation sites (N-methyl/N-ethyl adjacent to an activating group) is 1. The Labute approximate surface area is 163 Å². The monoisotopic (exact) mass is 387 g/mol. The number of carbonyl (C=O) groups excluding carboxylic acids is 1. The maximum Gasteiger partial charge on any atom is 0.236 e. The number of amides is 1. The van der Waals surface area contributed by atoms with Gasteiger partial charge in [0.15, 0.2) is 11.5 Å². The highest BCUT2D eigenvalue weighted by atomic mass is 32.1. The van der Waals surface area contributed by atoms with E-state index in [1.165, 1.54) is 11.1 Å². The van der Waals surface area contributed by atoms with Crippen LogP contribution in [-0.4, -0.2) is 67.2 Å². The van der Waals surface area contributed by atoms with Crippen molar-refractivity contribution in [3.8, 4) is 11.5 Å². The molecule has 1 saturated heterocycles. The average molecular weight is 388 g/mol. The number of hydrogen-bond donors (Lipinski definition) is 0. The van der Waals surface area contributed by atoms with Gasteiger partial charge in [0.2, 0.25) is 12.7 Å². The third-order valence-corrected chi connectivity index (χ3v) is 5.82. The first kappa shape index (κ1) is 18.3. The summed E-state index contributed by atoms with van der Waals surface area (Å²) in [5, 5.41) is 4.14. The van der Waals surface area contributed by atoms with E-state index in [1.807, 2.05) is 23.4 Å². The molecule has 0 spiro atoms. The maximum atomic E-state index is 12.5. The molecule has 2 aliphatic heterocycles. The number of hydrogen-bond acceptors (Lipinski definition) is 6. The second kappa shape index (κ2) is 8.29. The Bertz CT molecular complexity index is 773. The number of nitrogens with zero attached hydrogens (tertiary/aromatic N) is 3. The van der Waals surface area contributed by atoms with Gasteiger partial charge in [0.25, 0.3) is 0 Å². The van der Waals surface area contributed by atoms with Crippen LogP contribution in [0.4, 0.5) is 0 Å². The summed E-state index contributed by atoms with van der Waals surface area (Å²) in [6, 6.07) is 8.22. The number of rotatable bonds is 6. The van der Waals surface area contributed by atoms with Gasteiger partial charge in [-0.2, -0.15) is 11.3 Å². The van der Waals surface area contributed by atoms with Gasteiger partial charge in [-0.25, -0.2) is 0 Å². The van der Waals surface area contributed by atoms with Gasteiger partial charge in [-0.05, 0) is 40.1 Å².